The van der Waals surface area contributed by atoms with Crippen LogP contribution in [-0.2, 0) is 16.1 Å². The maximum atomic E-state index is 10.7. The Bertz CT molecular complexity index is 432. The number of nitrogens with zero attached hydrogens (tertiary/aromatic N) is 3. The van der Waals surface area contributed by atoms with E-state index in [4.69, 9.17) is 9.84 Å². The van der Waals surface area contributed by atoms with Crippen molar-refractivity contribution in [3.63, 3.8) is 0 Å². The third kappa shape index (κ3) is 5.50. The standard InChI is InChI=1S/C13H23N3O3S/c1-9(2)7-19-6-5-16-12(10(3)4)14-15-13(16)20-8-11(17)18/h9-10H,5-8H2,1-4H3,(H,17,18). The minimum absolute atomic E-state index is 0.0108. The Balaban J connectivity index is 2.67. The van der Waals surface area contributed by atoms with Gasteiger partial charge in [-0.2, -0.15) is 0 Å². The van der Waals surface area contributed by atoms with Crippen LogP contribution in [0, 0.1) is 5.92 Å². The summed E-state index contributed by atoms with van der Waals surface area (Å²) in [7, 11) is 0. The third-order valence-corrected chi connectivity index (χ3v) is 3.45. The summed E-state index contributed by atoms with van der Waals surface area (Å²) < 4.78 is 7.54. The highest BCUT2D eigenvalue weighted by molar-refractivity contribution is 7.99. The molecule has 20 heavy (non-hydrogen) atoms. The summed E-state index contributed by atoms with van der Waals surface area (Å²) in [5, 5.41) is 17.6. The largest absolute Gasteiger partial charge is 0.481 e. The summed E-state index contributed by atoms with van der Waals surface area (Å²) in [5.41, 5.74) is 0. The van der Waals surface area contributed by atoms with Crippen LogP contribution in [0.5, 0.6) is 0 Å². The molecule has 0 spiro atoms. The van der Waals surface area contributed by atoms with Crippen molar-refractivity contribution in [3.05, 3.63) is 5.82 Å². The highest BCUT2D eigenvalue weighted by Gasteiger charge is 2.16. The summed E-state index contributed by atoms with van der Waals surface area (Å²) in [5.74, 6) is 0.745. The molecule has 0 aliphatic rings. The van der Waals surface area contributed by atoms with Gasteiger partial charge in [0.25, 0.3) is 0 Å². The van der Waals surface area contributed by atoms with Crippen LogP contribution < -0.4 is 0 Å². The molecular formula is C13H23N3O3S. The Kier molecular flexibility index (Phi) is 7.01. The van der Waals surface area contributed by atoms with Gasteiger partial charge in [-0.05, 0) is 5.92 Å². The number of carbonyl (C=O) groups is 1. The monoisotopic (exact) mass is 301 g/mol. The zero-order valence-electron chi connectivity index (χ0n) is 12.5. The Labute approximate surface area is 123 Å². The molecule has 0 aromatic carbocycles. The summed E-state index contributed by atoms with van der Waals surface area (Å²) in [6.45, 7) is 10.2. The SMILES string of the molecule is CC(C)COCCn1c(SCC(=O)O)nnc1C(C)C. The van der Waals surface area contributed by atoms with Crippen molar-refractivity contribution in [1.82, 2.24) is 14.8 Å². The molecule has 1 aromatic rings. The fraction of sp³-hybridized carbons (Fsp3) is 0.769. The molecule has 7 heteroatoms. The van der Waals surface area contributed by atoms with Crippen molar-refractivity contribution in [3.8, 4) is 0 Å². The van der Waals surface area contributed by atoms with E-state index in [2.05, 4.69) is 24.0 Å². The van der Waals surface area contributed by atoms with E-state index in [0.717, 1.165) is 12.4 Å². The fourth-order valence-corrected chi connectivity index (χ4v) is 2.34. The zero-order valence-corrected chi connectivity index (χ0v) is 13.3. The maximum absolute atomic E-state index is 10.7. The number of carboxylic acids is 1. The Morgan fingerprint density at radius 3 is 2.60 bits per heavy atom. The quantitative estimate of drug-likeness (QED) is 0.557. The van der Waals surface area contributed by atoms with E-state index in [1.807, 2.05) is 18.4 Å². The van der Waals surface area contributed by atoms with Gasteiger partial charge in [0.15, 0.2) is 5.16 Å². The van der Waals surface area contributed by atoms with Gasteiger partial charge in [0, 0.05) is 19.1 Å². The van der Waals surface area contributed by atoms with Crippen molar-refractivity contribution in [1.29, 1.82) is 0 Å². The predicted molar refractivity (Wildman–Crippen MR) is 78.1 cm³/mol. The Hall–Kier alpha value is -1.08. The van der Waals surface area contributed by atoms with Gasteiger partial charge in [-0.15, -0.1) is 10.2 Å². The molecule has 0 radical (unpaired) electrons. The van der Waals surface area contributed by atoms with E-state index in [9.17, 15) is 4.79 Å². The van der Waals surface area contributed by atoms with E-state index in [0.29, 0.717) is 24.2 Å². The molecule has 114 valence electrons. The summed E-state index contributed by atoms with van der Waals surface area (Å²) in [4.78, 5) is 10.7. The van der Waals surface area contributed by atoms with Crippen LogP contribution in [0.15, 0.2) is 5.16 Å². The first-order chi connectivity index (χ1) is 9.41. The molecule has 0 amide bonds. The highest BCUT2D eigenvalue weighted by Crippen LogP contribution is 2.21. The fourth-order valence-electron chi connectivity index (χ4n) is 1.65. The number of hydrogen-bond donors (Lipinski definition) is 1. The van der Waals surface area contributed by atoms with Gasteiger partial charge in [0.1, 0.15) is 5.82 Å². The van der Waals surface area contributed by atoms with Crippen molar-refractivity contribution in [2.45, 2.75) is 45.3 Å². The second-order valence-corrected chi connectivity index (χ2v) is 6.24. The lowest BCUT2D eigenvalue weighted by Gasteiger charge is -2.12. The molecule has 0 aliphatic heterocycles. The first-order valence-electron chi connectivity index (χ1n) is 6.77. The first-order valence-corrected chi connectivity index (χ1v) is 7.75. The molecule has 0 saturated carbocycles. The molecule has 0 fully saturated rings. The van der Waals surface area contributed by atoms with E-state index in [1.165, 1.54) is 11.8 Å². The number of aromatic nitrogens is 3. The lowest BCUT2D eigenvalue weighted by atomic mass is 10.2. The van der Waals surface area contributed by atoms with Crippen LogP contribution in [0.4, 0.5) is 0 Å². The second kappa shape index (κ2) is 8.26. The van der Waals surface area contributed by atoms with Crippen molar-refractivity contribution in [2.75, 3.05) is 19.0 Å². The summed E-state index contributed by atoms with van der Waals surface area (Å²) in [6, 6.07) is 0. The summed E-state index contributed by atoms with van der Waals surface area (Å²) >= 11 is 1.19. The molecule has 0 unspecified atom stereocenters. The minimum Gasteiger partial charge on any atom is -0.481 e. The van der Waals surface area contributed by atoms with Crippen molar-refractivity contribution in [2.24, 2.45) is 5.92 Å². The highest BCUT2D eigenvalue weighted by atomic mass is 32.2. The number of rotatable bonds is 9. The Morgan fingerprint density at radius 2 is 2.05 bits per heavy atom. The molecule has 0 atom stereocenters. The van der Waals surface area contributed by atoms with Gasteiger partial charge in [-0.25, -0.2) is 0 Å². The normalized spacial score (nSPS) is 11.5. The molecule has 1 heterocycles. The maximum Gasteiger partial charge on any atom is 0.313 e. The van der Waals surface area contributed by atoms with Crippen LogP contribution in [0.25, 0.3) is 0 Å². The van der Waals surface area contributed by atoms with E-state index in [-0.39, 0.29) is 11.7 Å². The van der Waals surface area contributed by atoms with Crippen LogP contribution in [0.1, 0.15) is 39.4 Å². The van der Waals surface area contributed by atoms with E-state index < -0.39 is 5.97 Å². The van der Waals surface area contributed by atoms with Gasteiger partial charge in [0.05, 0.1) is 12.4 Å². The van der Waals surface area contributed by atoms with Gasteiger partial charge in [-0.3, -0.25) is 4.79 Å². The van der Waals surface area contributed by atoms with Crippen LogP contribution in [0.2, 0.25) is 0 Å². The number of hydrogen-bond acceptors (Lipinski definition) is 5. The smallest absolute Gasteiger partial charge is 0.313 e. The molecule has 1 N–H and O–H groups in total. The molecule has 0 saturated heterocycles. The van der Waals surface area contributed by atoms with Crippen molar-refractivity contribution >= 4 is 17.7 Å². The summed E-state index contributed by atoms with van der Waals surface area (Å²) in [6.07, 6.45) is 0. The van der Waals surface area contributed by atoms with Crippen LogP contribution in [0.3, 0.4) is 0 Å². The van der Waals surface area contributed by atoms with Gasteiger partial charge in [-0.1, -0.05) is 39.5 Å². The molecule has 6 nitrogen and oxygen atoms in total. The number of carboxylic acid groups (broad SMARTS) is 1. The minimum atomic E-state index is -0.855. The molecule has 1 aromatic heterocycles. The van der Waals surface area contributed by atoms with E-state index in [1.54, 1.807) is 0 Å². The number of aliphatic carboxylic acids is 1. The van der Waals surface area contributed by atoms with E-state index >= 15 is 0 Å². The third-order valence-electron chi connectivity index (χ3n) is 2.50. The van der Waals surface area contributed by atoms with Gasteiger partial charge < -0.3 is 14.4 Å². The molecular weight excluding hydrogens is 278 g/mol. The molecule has 0 aliphatic carbocycles. The predicted octanol–water partition coefficient (Wildman–Crippen LogP) is 2.25. The lowest BCUT2D eigenvalue weighted by Crippen LogP contribution is -2.14. The average molecular weight is 301 g/mol. The second-order valence-electron chi connectivity index (χ2n) is 5.30. The number of thioether (sulfide) groups is 1. The molecule has 1 rings (SSSR count). The van der Waals surface area contributed by atoms with Crippen LogP contribution in [-0.4, -0.2) is 44.8 Å². The molecule has 0 bridgehead atoms. The van der Waals surface area contributed by atoms with Crippen molar-refractivity contribution < 1.29 is 14.6 Å². The topological polar surface area (TPSA) is 77.2 Å². The van der Waals surface area contributed by atoms with Crippen LogP contribution >= 0.6 is 11.8 Å². The average Bonchev–Trinajstić information content (AvgIpc) is 2.75. The Morgan fingerprint density at radius 1 is 1.35 bits per heavy atom. The number of ether oxygens (including phenoxy) is 1. The van der Waals surface area contributed by atoms with Gasteiger partial charge >= 0.3 is 5.97 Å². The zero-order chi connectivity index (χ0) is 15.1. The first kappa shape index (κ1) is 17.0. The lowest BCUT2D eigenvalue weighted by molar-refractivity contribution is -0.133. The van der Waals surface area contributed by atoms with Gasteiger partial charge in [0.2, 0.25) is 0 Å².